The second kappa shape index (κ2) is 13.6. The van der Waals surface area contributed by atoms with Crippen molar-refractivity contribution in [1.29, 1.82) is 0 Å². The lowest BCUT2D eigenvalue weighted by Gasteiger charge is -2.41. The molecule has 0 aromatic rings. The van der Waals surface area contributed by atoms with E-state index in [9.17, 15) is 32.4 Å². The molecule has 4 rings (SSSR count). The van der Waals surface area contributed by atoms with Gasteiger partial charge in [0.2, 0.25) is 27.6 Å². The Labute approximate surface area is 280 Å². The van der Waals surface area contributed by atoms with E-state index in [2.05, 4.69) is 35.1 Å². The fourth-order valence-electron chi connectivity index (χ4n) is 7.51. The van der Waals surface area contributed by atoms with Crippen LogP contribution in [0.3, 0.4) is 0 Å². The highest BCUT2D eigenvalue weighted by atomic mass is 32.2. The van der Waals surface area contributed by atoms with Crippen LogP contribution in [0.4, 0.5) is 4.79 Å². The van der Waals surface area contributed by atoms with Gasteiger partial charge < -0.3 is 26.2 Å². The number of ketones is 1. The van der Waals surface area contributed by atoms with Gasteiger partial charge in [0.1, 0.15) is 12.1 Å². The molecule has 1 heterocycles. The summed E-state index contributed by atoms with van der Waals surface area (Å²) in [6.45, 7) is 11.8. The van der Waals surface area contributed by atoms with E-state index in [-0.39, 0.29) is 29.0 Å². The molecule has 0 unspecified atom stereocenters. The number of nitrogens with one attached hydrogen (secondary N) is 4. The van der Waals surface area contributed by atoms with Gasteiger partial charge in [-0.2, -0.15) is 0 Å². The highest BCUT2D eigenvalue weighted by Gasteiger charge is 2.70. The van der Waals surface area contributed by atoms with E-state index in [0.29, 0.717) is 32.2 Å². The van der Waals surface area contributed by atoms with Gasteiger partial charge >= 0.3 is 6.03 Å². The number of carbonyl (C=O) groups is 5. The Morgan fingerprint density at radius 1 is 0.979 bits per heavy atom. The molecule has 14 heteroatoms. The first-order valence-electron chi connectivity index (χ1n) is 17.2. The zero-order chi connectivity index (χ0) is 35.1. The van der Waals surface area contributed by atoms with Crippen molar-refractivity contribution in [3.63, 3.8) is 0 Å². The average Bonchev–Trinajstić information content (AvgIpc) is 3.81. The lowest BCUT2D eigenvalue weighted by Crippen LogP contribution is -2.64. The Bertz CT molecular complexity index is 1350. The molecule has 5 amide bonds. The first-order chi connectivity index (χ1) is 21.7. The monoisotopic (exact) mass is 680 g/mol. The van der Waals surface area contributed by atoms with Gasteiger partial charge in [0.25, 0.3) is 5.91 Å². The highest BCUT2D eigenvalue weighted by molar-refractivity contribution is 7.89. The number of nitrogens with zero attached hydrogens (tertiary/aromatic N) is 2. The van der Waals surface area contributed by atoms with Gasteiger partial charge in [0, 0.05) is 26.7 Å². The fraction of sp³-hybridized carbons (Fsp3) is 0.848. The number of hydrogen-bond acceptors (Lipinski definition) is 7. The second-order valence-electron chi connectivity index (χ2n) is 16.1. The summed E-state index contributed by atoms with van der Waals surface area (Å²) in [5.74, 6) is -2.59. The third-order valence-corrected chi connectivity index (χ3v) is 12.7. The summed E-state index contributed by atoms with van der Waals surface area (Å²) in [6, 6.07) is -3.52. The number of amides is 5. The Kier molecular flexibility index (Phi) is 10.8. The van der Waals surface area contributed by atoms with Crippen LogP contribution < -0.4 is 21.3 Å². The van der Waals surface area contributed by atoms with Gasteiger partial charge in [-0.25, -0.2) is 17.5 Å². The van der Waals surface area contributed by atoms with Gasteiger partial charge in [0.05, 0.1) is 17.3 Å². The molecule has 1 aliphatic heterocycles. The van der Waals surface area contributed by atoms with Gasteiger partial charge in [-0.05, 0) is 54.8 Å². The van der Waals surface area contributed by atoms with Crippen LogP contribution in [-0.4, -0.2) is 103 Å². The lowest BCUT2D eigenvalue weighted by molar-refractivity contribution is -0.145. The van der Waals surface area contributed by atoms with Gasteiger partial charge in [-0.15, -0.1) is 0 Å². The first kappa shape index (κ1) is 37.1. The summed E-state index contributed by atoms with van der Waals surface area (Å²) in [6.07, 6.45) is 6.03. The number of likely N-dealkylation sites (tertiary alicyclic amines) is 1. The molecular formula is C33H56N6O7S. The molecule has 0 aromatic heterocycles. The standard InChI is InChI=1S/C33H56N6O7S/c1-9-13-22(25(40)28(42)34-20-14-15-20)35-27(41)24-23-21(32(23,5)6)18-39(24)29(43)26(31(2,3)4)36-30(44)37-33(16-11-10-12-17-33)19-47(45,46)38(7)8/h20-24,26H,9-19H2,1-8H3,(H,34,42)(H,35,41)(H2,36,37,44)/t21-,22-,23-,24-,26+/m0/s1. The summed E-state index contributed by atoms with van der Waals surface area (Å²) in [7, 11) is -0.684. The molecule has 3 saturated carbocycles. The molecule has 4 aliphatic rings. The Balaban J connectivity index is 1.53. The molecule has 3 aliphatic carbocycles. The Morgan fingerprint density at radius 3 is 2.13 bits per heavy atom. The number of piperidine rings is 1. The van der Waals surface area contributed by atoms with E-state index < -0.39 is 68.6 Å². The number of fused-ring (bicyclic) bond motifs is 1. The van der Waals surface area contributed by atoms with Crippen LogP contribution in [0.25, 0.3) is 0 Å². The van der Waals surface area contributed by atoms with E-state index in [0.717, 1.165) is 36.4 Å². The van der Waals surface area contributed by atoms with Crippen molar-refractivity contribution in [3.05, 3.63) is 0 Å². The maximum atomic E-state index is 14.4. The number of Topliss-reactive ketones (excluding diaryl/α,β-unsaturated/α-hetero) is 1. The minimum absolute atomic E-state index is 0.00445. The SMILES string of the molecule is CCC[C@H](NC(=O)[C@@H]1[C@@H]2[C@H](CN1C(=O)[C@@H](NC(=O)NC1(CS(=O)(=O)N(C)C)CCCCC1)C(C)(C)C)C2(C)C)C(=O)C(=O)NC1CC1. The number of hydrogen-bond donors (Lipinski definition) is 4. The van der Waals surface area contributed by atoms with Crippen molar-refractivity contribution in [1.82, 2.24) is 30.5 Å². The molecule has 0 spiro atoms. The lowest BCUT2D eigenvalue weighted by atomic mass is 9.83. The third-order valence-electron chi connectivity index (χ3n) is 10.7. The van der Waals surface area contributed by atoms with Crippen molar-refractivity contribution in [2.24, 2.45) is 22.7 Å². The first-order valence-corrected chi connectivity index (χ1v) is 18.8. The Hall–Kier alpha value is -2.74. The molecular weight excluding hydrogens is 624 g/mol. The molecule has 266 valence electrons. The van der Waals surface area contributed by atoms with Crippen LogP contribution in [0.2, 0.25) is 0 Å². The van der Waals surface area contributed by atoms with Gasteiger partial charge in [0.15, 0.2) is 0 Å². The van der Waals surface area contributed by atoms with Crippen LogP contribution in [0.1, 0.15) is 99.3 Å². The van der Waals surface area contributed by atoms with Crippen molar-refractivity contribution in [2.45, 2.75) is 129 Å². The van der Waals surface area contributed by atoms with Crippen molar-refractivity contribution < 1.29 is 32.4 Å². The minimum atomic E-state index is -3.62. The van der Waals surface area contributed by atoms with Gasteiger partial charge in [-0.1, -0.05) is 67.2 Å². The van der Waals surface area contributed by atoms with Crippen LogP contribution in [0, 0.1) is 22.7 Å². The molecule has 13 nitrogen and oxygen atoms in total. The van der Waals surface area contributed by atoms with Crippen LogP contribution in [-0.2, 0) is 29.2 Å². The zero-order valence-corrected chi connectivity index (χ0v) is 30.2. The van der Waals surface area contributed by atoms with E-state index in [1.54, 1.807) is 0 Å². The maximum Gasteiger partial charge on any atom is 0.315 e. The molecule has 4 N–H and O–H groups in total. The summed E-state index contributed by atoms with van der Waals surface area (Å²) >= 11 is 0. The summed E-state index contributed by atoms with van der Waals surface area (Å²) < 4.78 is 27.0. The van der Waals surface area contributed by atoms with Crippen LogP contribution in [0.5, 0.6) is 0 Å². The quantitative estimate of drug-likeness (QED) is 0.215. The van der Waals surface area contributed by atoms with Crippen LogP contribution in [0.15, 0.2) is 0 Å². The summed E-state index contributed by atoms with van der Waals surface area (Å²) in [5, 5.41) is 11.3. The normalized spacial score (nSPS) is 26.1. The topological polar surface area (TPSA) is 174 Å². The summed E-state index contributed by atoms with van der Waals surface area (Å²) in [5.41, 5.74) is -1.92. The zero-order valence-electron chi connectivity index (χ0n) is 29.4. The van der Waals surface area contributed by atoms with Gasteiger partial charge in [-0.3, -0.25) is 19.2 Å². The summed E-state index contributed by atoms with van der Waals surface area (Å²) in [4.78, 5) is 69.1. The number of rotatable bonds is 13. The second-order valence-corrected chi connectivity index (χ2v) is 18.3. The van der Waals surface area contributed by atoms with E-state index in [1.165, 1.54) is 19.0 Å². The molecule has 0 aromatic carbocycles. The van der Waals surface area contributed by atoms with Crippen molar-refractivity contribution >= 4 is 39.6 Å². The predicted octanol–water partition coefficient (Wildman–Crippen LogP) is 1.91. The molecule has 0 radical (unpaired) electrons. The smallest absolute Gasteiger partial charge is 0.315 e. The predicted molar refractivity (Wildman–Crippen MR) is 177 cm³/mol. The number of urea groups is 1. The van der Waals surface area contributed by atoms with E-state index >= 15 is 0 Å². The largest absolute Gasteiger partial charge is 0.347 e. The number of sulfonamides is 1. The minimum Gasteiger partial charge on any atom is -0.347 e. The van der Waals surface area contributed by atoms with Crippen LogP contribution >= 0.6 is 0 Å². The molecule has 1 saturated heterocycles. The van der Waals surface area contributed by atoms with E-state index in [4.69, 9.17) is 0 Å². The average molecular weight is 681 g/mol. The molecule has 5 atom stereocenters. The maximum absolute atomic E-state index is 14.4. The van der Waals surface area contributed by atoms with Crippen molar-refractivity contribution in [3.8, 4) is 0 Å². The molecule has 0 bridgehead atoms. The third kappa shape index (κ3) is 8.29. The molecule has 4 fully saturated rings. The number of carbonyl (C=O) groups excluding carboxylic acids is 5. The van der Waals surface area contributed by atoms with E-state index in [1.807, 2.05) is 27.7 Å². The Morgan fingerprint density at radius 2 is 1.60 bits per heavy atom. The highest BCUT2D eigenvalue weighted by Crippen LogP contribution is 2.65. The molecule has 47 heavy (non-hydrogen) atoms. The van der Waals surface area contributed by atoms with Crippen molar-refractivity contribution in [2.75, 3.05) is 26.4 Å². The fourth-order valence-corrected chi connectivity index (χ4v) is 8.82.